The standard InChI is InChI=1S/C17H32N2O2/c1-3-5-15-10-16(18-11-14-6-4-7-14)13-19(12-15)9-8-17(20)21-2/h14-16,18H,3-13H2,1-2H3. The normalized spacial score (nSPS) is 27.3. The van der Waals surface area contributed by atoms with Crippen molar-refractivity contribution in [2.75, 3.05) is 33.3 Å². The van der Waals surface area contributed by atoms with Gasteiger partial charge in [-0.05, 0) is 44.1 Å². The maximum atomic E-state index is 11.3. The Morgan fingerprint density at radius 3 is 2.71 bits per heavy atom. The van der Waals surface area contributed by atoms with Crippen LogP contribution in [-0.2, 0) is 9.53 Å². The first-order chi connectivity index (χ1) is 10.2. The Hall–Kier alpha value is -0.610. The van der Waals surface area contributed by atoms with E-state index in [9.17, 15) is 4.79 Å². The van der Waals surface area contributed by atoms with Gasteiger partial charge >= 0.3 is 5.97 Å². The monoisotopic (exact) mass is 296 g/mol. The van der Waals surface area contributed by atoms with Crippen molar-refractivity contribution in [2.45, 2.75) is 57.9 Å². The molecule has 2 fully saturated rings. The van der Waals surface area contributed by atoms with Crippen LogP contribution < -0.4 is 5.32 Å². The van der Waals surface area contributed by atoms with E-state index < -0.39 is 0 Å². The van der Waals surface area contributed by atoms with Crippen LogP contribution in [0.25, 0.3) is 0 Å². The molecule has 0 aromatic heterocycles. The Morgan fingerprint density at radius 2 is 2.10 bits per heavy atom. The maximum absolute atomic E-state index is 11.3. The first kappa shape index (κ1) is 16.8. The van der Waals surface area contributed by atoms with Crippen molar-refractivity contribution < 1.29 is 9.53 Å². The molecule has 0 aromatic carbocycles. The first-order valence-electron chi connectivity index (χ1n) is 8.73. The summed E-state index contributed by atoms with van der Waals surface area (Å²) in [4.78, 5) is 13.8. The smallest absolute Gasteiger partial charge is 0.306 e. The highest BCUT2D eigenvalue weighted by molar-refractivity contribution is 5.69. The first-order valence-corrected chi connectivity index (χ1v) is 8.73. The minimum atomic E-state index is -0.0911. The molecule has 1 N–H and O–H groups in total. The number of nitrogens with one attached hydrogen (secondary N) is 1. The van der Waals surface area contributed by atoms with Crippen molar-refractivity contribution in [3.8, 4) is 0 Å². The molecule has 0 spiro atoms. The molecule has 21 heavy (non-hydrogen) atoms. The van der Waals surface area contributed by atoms with Gasteiger partial charge in [-0.15, -0.1) is 0 Å². The topological polar surface area (TPSA) is 41.6 Å². The Morgan fingerprint density at radius 1 is 1.29 bits per heavy atom. The van der Waals surface area contributed by atoms with Crippen molar-refractivity contribution in [2.24, 2.45) is 11.8 Å². The fourth-order valence-electron chi connectivity index (χ4n) is 3.63. The van der Waals surface area contributed by atoms with Crippen molar-refractivity contribution in [1.29, 1.82) is 0 Å². The van der Waals surface area contributed by atoms with Crippen LogP contribution >= 0.6 is 0 Å². The molecule has 2 aliphatic rings. The molecule has 1 heterocycles. The average Bonchev–Trinajstić information content (AvgIpc) is 2.43. The van der Waals surface area contributed by atoms with E-state index in [-0.39, 0.29) is 5.97 Å². The Kier molecular flexibility index (Phi) is 6.97. The number of hydrogen-bond donors (Lipinski definition) is 1. The Bertz CT molecular complexity index is 318. The summed E-state index contributed by atoms with van der Waals surface area (Å²) in [5.41, 5.74) is 0. The summed E-state index contributed by atoms with van der Waals surface area (Å²) in [7, 11) is 1.47. The number of nitrogens with zero attached hydrogens (tertiary/aromatic N) is 1. The van der Waals surface area contributed by atoms with Gasteiger partial charge < -0.3 is 15.0 Å². The van der Waals surface area contributed by atoms with Crippen LogP contribution in [0.4, 0.5) is 0 Å². The number of rotatable bonds is 8. The third-order valence-electron chi connectivity index (χ3n) is 5.09. The molecule has 122 valence electrons. The molecule has 0 aromatic rings. The van der Waals surface area contributed by atoms with Gasteiger partial charge in [-0.1, -0.05) is 19.8 Å². The Labute approximate surface area is 129 Å². The van der Waals surface area contributed by atoms with Gasteiger partial charge in [0.15, 0.2) is 0 Å². The van der Waals surface area contributed by atoms with Gasteiger partial charge in [0.25, 0.3) is 0 Å². The van der Waals surface area contributed by atoms with Crippen LogP contribution in [0.15, 0.2) is 0 Å². The second-order valence-corrected chi connectivity index (χ2v) is 6.88. The van der Waals surface area contributed by atoms with Crippen molar-refractivity contribution in [1.82, 2.24) is 10.2 Å². The lowest BCUT2D eigenvalue weighted by Crippen LogP contribution is -2.50. The zero-order valence-corrected chi connectivity index (χ0v) is 13.8. The fourth-order valence-corrected chi connectivity index (χ4v) is 3.63. The van der Waals surface area contributed by atoms with Crippen molar-refractivity contribution in [3.05, 3.63) is 0 Å². The molecule has 1 aliphatic heterocycles. The van der Waals surface area contributed by atoms with Gasteiger partial charge in [-0.2, -0.15) is 0 Å². The molecular formula is C17H32N2O2. The third kappa shape index (κ3) is 5.59. The minimum absolute atomic E-state index is 0.0911. The van der Waals surface area contributed by atoms with Crippen LogP contribution in [0.1, 0.15) is 51.9 Å². The van der Waals surface area contributed by atoms with Crippen LogP contribution in [0.2, 0.25) is 0 Å². The molecule has 2 atom stereocenters. The molecule has 1 saturated heterocycles. The molecule has 4 nitrogen and oxygen atoms in total. The summed E-state index contributed by atoms with van der Waals surface area (Å²) in [6.07, 6.45) is 8.61. The number of hydrogen-bond acceptors (Lipinski definition) is 4. The van der Waals surface area contributed by atoms with Gasteiger partial charge in [-0.25, -0.2) is 0 Å². The molecule has 2 unspecified atom stereocenters. The minimum Gasteiger partial charge on any atom is -0.469 e. The van der Waals surface area contributed by atoms with E-state index in [1.165, 1.54) is 52.2 Å². The summed E-state index contributed by atoms with van der Waals surface area (Å²) in [5.74, 6) is 1.60. The predicted octanol–water partition coefficient (Wildman–Crippen LogP) is 2.43. The summed E-state index contributed by atoms with van der Waals surface area (Å²) in [5, 5.41) is 3.79. The van der Waals surface area contributed by atoms with Crippen molar-refractivity contribution >= 4 is 5.97 Å². The molecule has 0 bridgehead atoms. The maximum Gasteiger partial charge on any atom is 0.306 e. The lowest BCUT2D eigenvalue weighted by atomic mass is 9.84. The van der Waals surface area contributed by atoms with Crippen molar-refractivity contribution in [3.63, 3.8) is 0 Å². The predicted molar refractivity (Wildman–Crippen MR) is 85.2 cm³/mol. The lowest BCUT2D eigenvalue weighted by molar-refractivity contribution is -0.141. The second kappa shape index (κ2) is 8.74. The lowest BCUT2D eigenvalue weighted by Gasteiger charge is -2.39. The highest BCUT2D eigenvalue weighted by Gasteiger charge is 2.28. The van der Waals surface area contributed by atoms with E-state index in [1.54, 1.807) is 0 Å². The van der Waals surface area contributed by atoms with E-state index in [2.05, 4.69) is 17.1 Å². The SMILES string of the molecule is CCCC1CC(NCC2CCC2)CN(CCC(=O)OC)C1. The number of ether oxygens (including phenoxy) is 1. The molecule has 1 aliphatic carbocycles. The Balaban J connectivity index is 1.77. The zero-order chi connectivity index (χ0) is 15.1. The summed E-state index contributed by atoms with van der Waals surface area (Å²) < 4.78 is 4.76. The molecule has 2 rings (SSSR count). The molecule has 0 radical (unpaired) electrons. The summed E-state index contributed by atoms with van der Waals surface area (Å²) in [6.45, 7) is 6.53. The fraction of sp³-hybridized carbons (Fsp3) is 0.941. The van der Waals surface area contributed by atoms with Gasteiger partial charge in [0.05, 0.1) is 13.5 Å². The molecule has 4 heteroatoms. The van der Waals surface area contributed by atoms with E-state index in [0.717, 1.165) is 31.5 Å². The van der Waals surface area contributed by atoms with Gasteiger partial charge in [-0.3, -0.25) is 4.79 Å². The largest absolute Gasteiger partial charge is 0.469 e. The van der Waals surface area contributed by atoms with Crippen LogP contribution in [0.5, 0.6) is 0 Å². The summed E-state index contributed by atoms with van der Waals surface area (Å²) >= 11 is 0. The number of carbonyl (C=O) groups is 1. The number of likely N-dealkylation sites (tertiary alicyclic amines) is 1. The molecule has 1 saturated carbocycles. The zero-order valence-electron chi connectivity index (χ0n) is 13.8. The quantitative estimate of drug-likeness (QED) is 0.699. The van der Waals surface area contributed by atoms with E-state index >= 15 is 0 Å². The average molecular weight is 296 g/mol. The highest BCUT2D eigenvalue weighted by Crippen LogP contribution is 2.26. The van der Waals surface area contributed by atoms with Crippen LogP contribution in [0.3, 0.4) is 0 Å². The highest BCUT2D eigenvalue weighted by atomic mass is 16.5. The molecule has 0 amide bonds. The summed E-state index contributed by atoms with van der Waals surface area (Å²) in [6, 6.07) is 0.605. The van der Waals surface area contributed by atoms with E-state index in [1.807, 2.05) is 0 Å². The number of piperidine rings is 1. The number of esters is 1. The second-order valence-electron chi connectivity index (χ2n) is 6.88. The van der Waals surface area contributed by atoms with Gasteiger partial charge in [0.1, 0.15) is 0 Å². The van der Waals surface area contributed by atoms with Crippen LogP contribution in [-0.4, -0.2) is 50.2 Å². The number of carbonyl (C=O) groups excluding carboxylic acids is 1. The van der Waals surface area contributed by atoms with Gasteiger partial charge in [0, 0.05) is 25.7 Å². The molecular weight excluding hydrogens is 264 g/mol. The van der Waals surface area contributed by atoms with E-state index in [4.69, 9.17) is 4.74 Å². The third-order valence-corrected chi connectivity index (χ3v) is 5.09. The van der Waals surface area contributed by atoms with E-state index in [0.29, 0.717) is 12.5 Å². The van der Waals surface area contributed by atoms with Gasteiger partial charge in [0.2, 0.25) is 0 Å². The number of methoxy groups -OCH3 is 1. The van der Waals surface area contributed by atoms with Crippen LogP contribution in [0, 0.1) is 11.8 Å².